The van der Waals surface area contributed by atoms with Crippen LogP contribution in [0.15, 0.2) is 53.6 Å². The van der Waals surface area contributed by atoms with E-state index >= 15 is 4.39 Å². The van der Waals surface area contributed by atoms with Crippen LogP contribution in [0.1, 0.15) is 66.4 Å². The van der Waals surface area contributed by atoms with E-state index in [2.05, 4.69) is 15.0 Å². The normalized spacial score (nSPS) is 22.3. The Morgan fingerprint density at radius 3 is 2.58 bits per heavy atom. The highest BCUT2D eigenvalue weighted by Gasteiger charge is 2.46. The minimum absolute atomic E-state index is 0.113. The Hall–Kier alpha value is -4.66. The number of rotatable bonds is 5. The van der Waals surface area contributed by atoms with Gasteiger partial charge in [-0.15, -0.1) is 0 Å². The molecule has 1 unspecified atom stereocenters. The number of aryl methyl sites for hydroxylation is 3. The number of aromatic nitrogens is 4. The summed E-state index contributed by atoms with van der Waals surface area (Å²) >= 11 is 0. The van der Waals surface area contributed by atoms with Gasteiger partial charge in [-0.2, -0.15) is 10.4 Å². The van der Waals surface area contributed by atoms with E-state index < -0.39 is 5.82 Å². The van der Waals surface area contributed by atoms with Crippen LogP contribution in [0.5, 0.6) is 11.5 Å². The molecule has 1 aliphatic carbocycles. The maximum atomic E-state index is 15.1. The highest BCUT2D eigenvalue weighted by molar-refractivity contribution is 5.83. The van der Waals surface area contributed by atoms with Crippen LogP contribution < -0.4 is 10.3 Å². The van der Waals surface area contributed by atoms with Crippen LogP contribution in [-0.4, -0.2) is 55.6 Å². The van der Waals surface area contributed by atoms with Gasteiger partial charge in [-0.25, -0.2) is 13.8 Å². The average Bonchev–Trinajstić information content (AvgIpc) is 3.58. The summed E-state index contributed by atoms with van der Waals surface area (Å²) in [4.78, 5) is 20.8. The second-order valence-electron chi connectivity index (χ2n) is 13.7. The second-order valence-corrected chi connectivity index (χ2v) is 13.7. The van der Waals surface area contributed by atoms with E-state index in [1.165, 1.54) is 12.1 Å². The number of nitriles is 1. The number of fused-ring (bicyclic) bond motifs is 2. The fraction of sp³-hybridized carbons (Fsp3) is 0.405. The van der Waals surface area contributed by atoms with Crippen molar-refractivity contribution in [2.45, 2.75) is 69.6 Å². The number of benzene rings is 3. The highest BCUT2D eigenvalue weighted by atomic mass is 19.1. The van der Waals surface area contributed by atoms with Gasteiger partial charge in [0.05, 0.1) is 46.7 Å². The first-order valence-electron chi connectivity index (χ1n) is 16.5. The minimum atomic E-state index is -0.649. The van der Waals surface area contributed by atoms with Gasteiger partial charge in [0.2, 0.25) is 0 Å². The zero-order chi connectivity index (χ0) is 33.3. The number of nitrogens with zero attached hydrogens (tertiary/aromatic N) is 6. The lowest BCUT2D eigenvalue weighted by molar-refractivity contribution is -0.0593. The average molecular weight is 651 g/mol. The van der Waals surface area contributed by atoms with Gasteiger partial charge in [0.1, 0.15) is 23.2 Å². The smallest absolute Gasteiger partial charge is 0.261 e. The summed E-state index contributed by atoms with van der Waals surface area (Å²) in [6.07, 6.45) is 5.92. The highest BCUT2D eigenvalue weighted by Crippen LogP contribution is 2.46. The summed E-state index contributed by atoms with van der Waals surface area (Å²) in [6, 6.07) is 13.5. The van der Waals surface area contributed by atoms with Crippen molar-refractivity contribution in [3.63, 3.8) is 0 Å². The summed E-state index contributed by atoms with van der Waals surface area (Å²) in [6.45, 7) is 5.85. The lowest BCUT2D eigenvalue weighted by Gasteiger charge is -2.48. The SMILES string of the molecule is Cc1ccc(F)c(Oc2ccc3ncn(C4COC5(CCN(C6CC(c7cc8c(cc7F)c(C)nn8C)C6)CC5)C4)c(=O)c3c2)c1C#N. The standard InChI is InChI=1S/C37H36F2N6O3/c1-21-4-6-31(38)35(30(21)18-40)48-26-5-7-33-29(14-26)36(46)45(20-41-33)25-17-37(47-19-25)8-10-44(11-9-37)24-12-23(13-24)28-16-34-27(15-32(28)39)22(2)42-43(34)3/h4-7,14-16,20,23-25H,8-13,17,19H2,1-3H3. The topological polar surface area (TPSA) is 98.2 Å². The van der Waals surface area contributed by atoms with Gasteiger partial charge in [0, 0.05) is 31.6 Å². The Kier molecular flexibility index (Phi) is 7.34. The summed E-state index contributed by atoms with van der Waals surface area (Å²) < 4.78 is 45.4. The van der Waals surface area contributed by atoms with Crippen LogP contribution in [0.2, 0.25) is 0 Å². The van der Waals surface area contributed by atoms with Crippen molar-refractivity contribution < 1.29 is 18.3 Å². The van der Waals surface area contributed by atoms with Crippen LogP contribution in [-0.2, 0) is 11.8 Å². The van der Waals surface area contributed by atoms with E-state index in [-0.39, 0.29) is 46.0 Å². The first-order valence-corrected chi connectivity index (χ1v) is 16.5. The Morgan fingerprint density at radius 2 is 1.81 bits per heavy atom. The maximum Gasteiger partial charge on any atom is 0.261 e. The van der Waals surface area contributed by atoms with E-state index in [1.54, 1.807) is 42.1 Å². The van der Waals surface area contributed by atoms with E-state index in [9.17, 15) is 14.4 Å². The van der Waals surface area contributed by atoms with Gasteiger partial charge in [0.25, 0.3) is 5.56 Å². The van der Waals surface area contributed by atoms with E-state index in [1.807, 2.05) is 30.8 Å². The van der Waals surface area contributed by atoms with E-state index in [4.69, 9.17) is 9.47 Å². The largest absolute Gasteiger partial charge is 0.453 e. The van der Waals surface area contributed by atoms with Crippen molar-refractivity contribution in [2.75, 3.05) is 19.7 Å². The third kappa shape index (κ3) is 5.06. The number of hydrogen-bond acceptors (Lipinski definition) is 7. The number of halogens is 2. The monoisotopic (exact) mass is 650 g/mol. The molecule has 1 spiro atoms. The molecule has 3 aromatic carbocycles. The molecule has 2 saturated heterocycles. The van der Waals surface area contributed by atoms with Crippen molar-refractivity contribution in [1.29, 1.82) is 5.26 Å². The molecule has 9 nitrogen and oxygen atoms in total. The molecule has 0 amide bonds. The number of likely N-dealkylation sites (tertiary alicyclic amines) is 1. The molecule has 4 heterocycles. The molecular formula is C37H36F2N6O3. The first-order chi connectivity index (χ1) is 23.1. The predicted octanol–water partition coefficient (Wildman–Crippen LogP) is 6.58. The van der Waals surface area contributed by atoms with Gasteiger partial charge in [-0.1, -0.05) is 6.07 Å². The third-order valence-electron chi connectivity index (χ3n) is 10.9. The molecule has 8 rings (SSSR count). The number of piperidine rings is 1. The molecule has 246 valence electrons. The van der Waals surface area contributed by atoms with Crippen LogP contribution in [0, 0.1) is 36.8 Å². The van der Waals surface area contributed by atoms with Gasteiger partial charge in [-0.3, -0.25) is 14.0 Å². The lowest BCUT2D eigenvalue weighted by atomic mass is 9.73. The third-order valence-corrected chi connectivity index (χ3v) is 10.9. The predicted molar refractivity (Wildman–Crippen MR) is 176 cm³/mol. The van der Waals surface area contributed by atoms with Crippen LogP contribution >= 0.6 is 0 Å². The molecule has 0 radical (unpaired) electrons. The van der Waals surface area contributed by atoms with Gasteiger partial charge < -0.3 is 14.4 Å². The van der Waals surface area contributed by atoms with Gasteiger partial charge in [0.15, 0.2) is 11.6 Å². The van der Waals surface area contributed by atoms with Crippen LogP contribution in [0.4, 0.5) is 8.78 Å². The van der Waals surface area contributed by atoms with Crippen LogP contribution in [0.25, 0.3) is 21.8 Å². The van der Waals surface area contributed by atoms with Crippen molar-refractivity contribution in [2.24, 2.45) is 7.05 Å². The zero-order valence-electron chi connectivity index (χ0n) is 27.2. The maximum absolute atomic E-state index is 15.1. The zero-order valence-corrected chi connectivity index (χ0v) is 27.2. The molecule has 0 N–H and O–H groups in total. The second kappa shape index (κ2) is 11.5. The fourth-order valence-electron chi connectivity index (χ4n) is 8.02. The van der Waals surface area contributed by atoms with E-state index in [0.717, 1.165) is 60.9 Å². The fourth-order valence-corrected chi connectivity index (χ4v) is 8.02. The van der Waals surface area contributed by atoms with Crippen molar-refractivity contribution in [3.8, 4) is 17.6 Å². The summed E-state index contributed by atoms with van der Waals surface area (Å²) in [5.74, 6) is -0.491. The molecule has 48 heavy (non-hydrogen) atoms. The van der Waals surface area contributed by atoms with Gasteiger partial charge in [-0.05, 0) is 99.4 Å². The van der Waals surface area contributed by atoms with Crippen molar-refractivity contribution in [1.82, 2.24) is 24.2 Å². The molecule has 3 fully saturated rings. The van der Waals surface area contributed by atoms with Gasteiger partial charge >= 0.3 is 0 Å². The molecule has 1 atom stereocenters. The lowest BCUT2D eigenvalue weighted by Crippen LogP contribution is -2.51. The molecule has 0 bridgehead atoms. The number of hydrogen-bond donors (Lipinski definition) is 0. The van der Waals surface area contributed by atoms with Crippen molar-refractivity contribution in [3.05, 3.63) is 93.2 Å². The molecule has 2 aliphatic heterocycles. The Balaban J connectivity index is 0.929. The Labute approximate surface area is 276 Å². The summed E-state index contributed by atoms with van der Waals surface area (Å²) in [5, 5.41) is 15.2. The Morgan fingerprint density at radius 1 is 1.02 bits per heavy atom. The molecule has 5 aromatic rings. The summed E-state index contributed by atoms with van der Waals surface area (Å²) in [7, 11) is 1.90. The van der Waals surface area contributed by atoms with E-state index in [0.29, 0.717) is 35.5 Å². The van der Waals surface area contributed by atoms with Crippen LogP contribution in [0.3, 0.4) is 0 Å². The summed E-state index contributed by atoms with van der Waals surface area (Å²) in [5.41, 5.74) is 3.31. The number of ether oxygens (including phenoxy) is 2. The molecule has 11 heteroatoms. The Bertz CT molecular complexity index is 2190. The molecule has 2 aromatic heterocycles. The first kappa shape index (κ1) is 30.7. The molecule has 3 aliphatic rings. The molecular weight excluding hydrogens is 614 g/mol. The molecule has 1 saturated carbocycles. The van der Waals surface area contributed by atoms with Crippen molar-refractivity contribution >= 4 is 21.8 Å². The minimum Gasteiger partial charge on any atom is -0.453 e. The quantitative estimate of drug-likeness (QED) is 0.212.